The Bertz CT molecular complexity index is 425. The molecule has 0 spiro atoms. The van der Waals surface area contributed by atoms with Gasteiger partial charge in [-0.15, -0.1) is 0 Å². The molecule has 0 heterocycles. The van der Waals surface area contributed by atoms with Crippen molar-refractivity contribution >= 4 is 0 Å². The zero-order valence-corrected chi connectivity index (χ0v) is 29.1. The summed E-state index contributed by atoms with van der Waals surface area (Å²) in [5.41, 5.74) is 0. The first-order valence-electron chi connectivity index (χ1n) is 19.5. The lowest BCUT2D eigenvalue weighted by Gasteiger charge is -2.32. The van der Waals surface area contributed by atoms with Gasteiger partial charge in [-0.2, -0.15) is 0 Å². The van der Waals surface area contributed by atoms with E-state index < -0.39 is 0 Å². The standard InChI is InChI=1S/C39H81N/c1-5-9-12-13-14-15-16-17-18-19-20-21-22-23-24-25-26-27-28-29-30-31-32-33-34-36-39(35-8-4)40(37-10-6-2)38-11-7-3/h39H,5-38H2,1-4H3. The van der Waals surface area contributed by atoms with Crippen LogP contribution in [0.15, 0.2) is 0 Å². The lowest BCUT2D eigenvalue weighted by Crippen LogP contribution is -2.37. The topological polar surface area (TPSA) is 3.24 Å². The SMILES string of the molecule is CCCCCCCCCCCCCCCCCCCCCCCCCCCC(CCC)N(CCCC)CCCC. The molecule has 40 heavy (non-hydrogen) atoms. The van der Waals surface area contributed by atoms with E-state index in [0.717, 1.165) is 6.04 Å². The third-order valence-electron chi connectivity index (χ3n) is 9.38. The van der Waals surface area contributed by atoms with Crippen LogP contribution in [0.1, 0.15) is 233 Å². The molecule has 0 saturated heterocycles. The van der Waals surface area contributed by atoms with Crippen LogP contribution in [0.4, 0.5) is 0 Å². The van der Waals surface area contributed by atoms with Crippen LogP contribution >= 0.6 is 0 Å². The summed E-state index contributed by atoms with van der Waals surface area (Å²) in [5, 5.41) is 0. The van der Waals surface area contributed by atoms with Crippen LogP contribution in [-0.4, -0.2) is 24.0 Å². The maximum Gasteiger partial charge on any atom is 0.00951 e. The highest BCUT2D eigenvalue weighted by Crippen LogP contribution is 2.19. The Morgan fingerprint density at radius 2 is 0.550 bits per heavy atom. The van der Waals surface area contributed by atoms with Crippen LogP contribution in [0.5, 0.6) is 0 Å². The first kappa shape index (κ1) is 40.0. The third-order valence-corrected chi connectivity index (χ3v) is 9.38. The predicted molar refractivity (Wildman–Crippen MR) is 186 cm³/mol. The van der Waals surface area contributed by atoms with E-state index in [9.17, 15) is 0 Å². The molecule has 0 saturated carbocycles. The maximum absolute atomic E-state index is 2.86. The Balaban J connectivity index is 3.40. The second-order valence-corrected chi connectivity index (χ2v) is 13.5. The largest absolute Gasteiger partial charge is 0.300 e. The fraction of sp³-hybridized carbons (Fsp3) is 1.00. The lowest BCUT2D eigenvalue weighted by molar-refractivity contribution is 0.167. The van der Waals surface area contributed by atoms with Gasteiger partial charge in [0.1, 0.15) is 0 Å². The van der Waals surface area contributed by atoms with Crippen molar-refractivity contribution in [2.75, 3.05) is 13.1 Å². The first-order valence-corrected chi connectivity index (χ1v) is 19.5. The molecule has 242 valence electrons. The molecule has 0 N–H and O–H groups in total. The van der Waals surface area contributed by atoms with Crippen molar-refractivity contribution in [3.63, 3.8) is 0 Å². The van der Waals surface area contributed by atoms with Crippen molar-refractivity contribution < 1.29 is 0 Å². The highest BCUT2D eigenvalue weighted by molar-refractivity contribution is 4.72. The molecule has 1 atom stereocenters. The molecule has 0 amide bonds. The highest BCUT2D eigenvalue weighted by Gasteiger charge is 2.16. The zero-order chi connectivity index (χ0) is 29.2. The van der Waals surface area contributed by atoms with E-state index in [1.165, 1.54) is 219 Å². The summed E-state index contributed by atoms with van der Waals surface area (Å²) in [5.74, 6) is 0. The van der Waals surface area contributed by atoms with Gasteiger partial charge in [-0.05, 0) is 38.8 Å². The summed E-state index contributed by atoms with van der Waals surface area (Å²) in [6.07, 6.45) is 46.6. The normalized spacial score (nSPS) is 12.5. The minimum atomic E-state index is 0.854. The zero-order valence-electron chi connectivity index (χ0n) is 29.1. The fourth-order valence-corrected chi connectivity index (χ4v) is 6.56. The van der Waals surface area contributed by atoms with Gasteiger partial charge in [0.25, 0.3) is 0 Å². The molecule has 0 aromatic rings. The number of rotatable bonds is 35. The second kappa shape index (κ2) is 35.2. The minimum Gasteiger partial charge on any atom is -0.300 e. The van der Waals surface area contributed by atoms with Gasteiger partial charge in [-0.3, -0.25) is 0 Å². The summed E-state index contributed by atoms with van der Waals surface area (Å²) in [6.45, 7) is 12.0. The van der Waals surface area contributed by atoms with Crippen LogP contribution < -0.4 is 0 Å². The van der Waals surface area contributed by atoms with Crippen molar-refractivity contribution in [3.8, 4) is 0 Å². The van der Waals surface area contributed by atoms with Crippen molar-refractivity contribution in [1.29, 1.82) is 0 Å². The average molecular weight is 564 g/mol. The molecule has 1 heteroatoms. The van der Waals surface area contributed by atoms with E-state index in [0.29, 0.717) is 0 Å². The van der Waals surface area contributed by atoms with Gasteiger partial charge in [0.2, 0.25) is 0 Å². The summed E-state index contributed by atoms with van der Waals surface area (Å²) < 4.78 is 0. The Morgan fingerprint density at radius 1 is 0.275 bits per heavy atom. The second-order valence-electron chi connectivity index (χ2n) is 13.5. The summed E-state index contributed by atoms with van der Waals surface area (Å²) in [7, 11) is 0. The first-order chi connectivity index (χ1) is 19.8. The van der Waals surface area contributed by atoms with Crippen LogP contribution in [0.25, 0.3) is 0 Å². The summed E-state index contributed by atoms with van der Waals surface area (Å²) >= 11 is 0. The number of hydrogen-bond acceptors (Lipinski definition) is 1. The van der Waals surface area contributed by atoms with Crippen molar-refractivity contribution in [2.24, 2.45) is 0 Å². The molecule has 0 aliphatic carbocycles. The molecular weight excluding hydrogens is 482 g/mol. The van der Waals surface area contributed by atoms with Crippen molar-refractivity contribution in [1.82, 2.24) is 4.90 Å². The van der Waals surface area contributed by atoms with Crippen molar-refractivity contribution in [2.45, 2.75) is 239 Å². The molecule has 0 aliphatic rings. The minimum absolute atomic E-state index is 0.854. The smallest absolute Gasteiger partial charge is 0.00951 e. The molecule has 0 bridgehead atoms. The average Bonchev–Trinajstić information content (AvgIpc) is 2.96. The van der Waals surface area contributed by atoms with E-state index in [1.54, 1.807) is 0 Å². The van der Waals surface area contributed by atoms with Crippen LogP contribution in [-0.2, 0) is 0 Å². The molecule has 0 aromatic heterocycles. The highest BCUT2D eigenvalue weighted by atomic mass is 15.1. The Kier molecular flexibility index (Phi) is 35.1. The van der Waals surface area contributed by atoms with E-state index in [2.05, 4.69) is 32.6 Å². The molecule has 0 aliphatic heterocycles. The van der Waals surface area contributed by atoms with E-state index in [4.69, 9.17) is 0 Å². The van der Waals surface area contributed by atoms with Crippen LogP contribution in [0.2, 0.25) is 0 Å². The number of hydrogen-bond donors (Lipinski definition) is 0. The van der Waals surface area contributed by atoms with Gasteiger partial charge in [-0.1, -0.05) is 207 Å². The van der Waals surface area contributed by atoms with Gasteiger partial charge in [0.05, 0.1) is 0 Å². The van der Waals surface area contributed by atoms with Crippen molar-refractivity contribution in [3.05, 3.63) is 0 Å². The van der Waals surface area contributed by atoms with Gasteiger partial charge in [0, 0.05) is 6.04 Å². The van der Waals surface area contributed by atoms with Crippen LogP contribution in [0.3, 0.4) is 0 Å². The van der Waals surface area contributed by atoms with Gasteiger partial charge in [-0.25, -0.2) is 0 Å². The Morgan fingerprint density at radius 3 is 0.825 bits per heavy atom. The van der Waals surface area contributed by atoms with Crippen LogP contribution in [0, 0.1) is 0 Å². The van der Waals surface area contributed by atoms with Gasteiger partial charge >= 0.3 is 0 Å². The lowest BCUT2D eigenvalue weighted by atomic mass is 9.99. The molecule has 0 radical (unpaired) electrons. The molecule has 1 nitrogen and oxygen atoms in total. The summed E-state index contributed by atoms with van der Waals surface area (Å²) in [6, 6.07) is 0.854. The van der Waals surface area contributed by atoms with Gasteiger partial charge < -0.3 is 4.90 Å². The molecular formula is C39H81N. The summed E-state index contributed by atoms with van der Waals surface area (Å²) in [4.78, 5) is 2.86. The van der Waals surface area contributed by atoms with Gasteiger partial charge in [0.15, 0.2) is 0 Å². The molecule has 0 rings (SSSR count). The molecule has 0 aromatic carbocycles. The Hall–Kier alpha value is -0.0400. The van der Waals surface area contributed by atoms with E-state index in [1.807, 2.05) is 0 Å². The quantitative estimate of drug-likeness (QED) is 0.0693. The maximum atomic E-state index is 2.86. The fourth-order valence-electron chi connectivity index (χ4n) is 6.56. The Labute approximate surface area is 256 Å². The van der Waals surface area contributed by atoms with E-state index >= 15 is 0 Å². The number of nitrogens with zero attached hydrogens (tertiary/aromatic N) is 1. The molecule has 1 unspecified atom stereocenters. The third kappa shape index (κ3) is 29.5. The molecule has 0 fully saturated rings. The predicted octanol–water partition coefficient (Wildman–Crippen LogP) is 14.2. The number of unbranched alkanes of at least 4 members (excludes halogenated alkanes) is 26. The van der Waals surface area contributed by atoms with E-state index in [-0.39, 0.29) is 0 Å². The monoisotopic (exact) mass is 564 g/mol.